The van der Waals surface area contributed by atoms with Gasteiger partial charge in [0.25, 0.3) is 5.91 Å². The molecule has 0 aliphatic carbocycles. The fraction of sp³-hybridized carbons (Fsp3) is 0.286. The van der Waals surface area contributed by atoms with Crippen LogP contribution in [0, 0.1) is 6.92 Å². The van der Waals surface area contributed by atoms with Gasteiger partial charge in [0, 0.05) is 18.9 Å². The molecule has 0 aliphatic heterocycles. The van der Waals surface area contributed by atoms with E-state index in [4.69, 9.17) is 5.73 Å². The first-order valence-corrected chi connectivity index (χ1v) is 6.21. The lowest BCUT2D eigenvalue weighted by Gasteiger charge is -2.07. The minimum Gasteiger partial charge on any atom is -0.398 e. The monoisotopic (exact) mass is 258 g/mol. The molecule has 0 spiro atoms. The fourth-order valence-electron chi connectivity index (χ4n) is 1.96. The number of hydrogen-bond acceptors (Lipinski definition) is 3. The van der Waals surface area contributed by atoms with Crippen LogP contribution in [0.5, 0.6) is 0 Å². The summed E-state index contributed by atoms with van der Waals surface area (Å²) in [6.07, 6.45) is 2.56. The smallest absolute Gasteiger partial charge is 0.257 e. The van der Waals surface area contributed by atoms with E-state index in [1.807, 2.05) is 27.0 Å². The Morgan fingerprint density at radius 3 is 2.89 bits per heavy atom. The van der Waals surface area contributed by atoms with Gasteiger partial charge in [-0.3, -0.25) is 9.48 Å². The van der Waals surface area contributed by atoms with Crippen LogP contribution in [0.4, 0.5) is 11.4 Å². The summed E-state index contributed by atoms with van der Waals surface area (Å²) in [5.74, 6) is -0.205. The molecule has 19 heavy (non-hydrogen) atoms. The van der Waals surface area contributed by atoms with E-state index in [2.05, 4.69) is 10.4 Å². The average Bonchev–Trinajstić information content (AvgIpc) is 2.72. The molecular weight excluding hydrogens is 240 g/mol. The summed E-state index contributed by atoms with van der Waals surface area (Å²) in [4.78, 5) is 12.2. The molecule has 1 aromatic carbocycles. The molecule has 0 bridgehead atoms. The highest BCUT2D eigenvalue weighted by Crippen LogP contribution is 2.18. The number of amides is 1. The second-order valence-corrected chi connectivity index (χ2v) is 4.56. The Morgan fingerprint density at radius 1 is 1.47 bits per heavy atom. The number of nitrogens with two attached hydrogens (primary N) is 1. The molecule has 0 atom stereocenters. The molecule has 1 aromatic heterocycles. The molecule has 0 fully saturated rings. The molecule has 5 nitrogen and oxygen atoms in total. The van der Waals surface area contributed by atoms with Crippen molar-refractivity contribution in [2.75, 3.05) is 11.1 Å². The maximum absolute atomic E-state index is 12.2. The Hall–Kier alpha value is -2.30. The average molecular weight is 258 g/mol. The maximum atomic E-state index is 12.2. The number of carbonyl (C=O) groups excluding carboxylic acids is 1. The third-order valence-electron chi connectivity index (χ3n) is 2.94. The van der Waals surface area contributed by atoms with Gasteiger partial charge < -0.3 is 11.1 Å². The summed E-state index contributed by atoms with van der Waals surface area (Å²) in [6, 6.07) is 5.41. The van der Waals surface area contributed by atoms with Gasteiger partial charge in [0.05, 0.1) is 16.9 Å². The zero-order chi connectivity index (χ0) is 14.0. The molecule has 100 valence electrons. The number of nitrogen functional groups attached to an aromatic ring is 1. The second kappa shape index (κ2) is 5.14. The van der Waals surface area contributed by atoms with E-state index >= 15 is 0 Å². The van der Waals surface area contributed by atoms with Crippen molar-refractivity contribution in [3.63, 3.8) is 0 Å². The normalized spacial score (nSPS) is 10.5. The van der Waals surface area contributed by atoms with Crippen LogP contribution in [0.15, 0.2) is 24.4 Å². The summed E-state index contributed by atoms with van der Waals surface area (Å²) in [6.45, 7) is 3.93. The topological polar surface area (TPSA) is 72.9 Å². The van der Waals surface area contributed by atoms with Gasteiger partial charge in [-0.05, 0) is 25.5 Å². The van der Waals surface area contributed by atoms with Crippen molar-refractivity contribution in [2.45, 2.75) is 20.3 Å². The molecule has 1 heterocycles. The predicted molar refractivity (Wildman–Crippen MR) is 76.1 cm³/mol. The lowest BCUT2D eigenvalue weighted by molar-refractivity contribution is 0.102. The highest BCUT2D eigenvalue weighted by atomic mass is 16.1. The van der Waals surface area contributed by atoms with Crippen molar-refractivity contribution in [3.05, 3.63) is 41.2 Å². The minimum atomic E-state index is -0.205. The summed E-state index contributed by atoms with van der Waals surface area (Å²) < 4.78 is 1.69. The molecule has 2 aromatic rings. The van der Waals surface area contributed by atoms with Gasteiger partial charge in [0.15, 0.2) is 0 Å². The van der Waals surface area contributed by atoms with Crippen molar-refractivity contribution in [1.29, 1.82) is 0 Å². The Kier molecular flexibility index (Phi) is 3.55. The number of nitrogens with one attached hydrogen (secondary N) is 1. The van der Waals surface area contributed by atoms with Crippen LogP contribution in [-0.2, 0) is 13.5 Å². The SMILES string of the molecule is CCc1nn(C)cc1NC(=O)c1cc(C)ccc1N. The third-order valence-corrected chi connectivity index (χ3v) is 2.94. The van der Waals surface area contributed by atoms with Crippen LogP contribution in [0.1, 0.15) is 28.5 Å². The lowest BCUT2D eigenvalue weighted by Crippen LogP contribution is -2.14. The predicted octanol–water partition coefficient (Wildman–Crippen LogP) is 2.13. The first-order valence-electron chi connectivity index (χ1n) is 6.21. The maximum Gasteiger partial charge on any atom is 0.257 e. The van der Waals surface area contributed by atoms with Gasteiger partial charge in [-0.15, -0.1) is 0 Å². The Bertz CT molecular complexity index is 616. The summed E-state index contributed by atoms with van der Waals surface area (Å²) in [7, 11) is 1.83. The molecule has 3 N–H and O–H groups in total. The first-order chi connectivity index (χ1) is 9.01. The van der Waals surface area contributed by atoms with E-state index in [1.165, 1.54) is 0 Å². The van der Waals surface area contributed by atoms with Crippen molar-refractivity contribution in [1.82, 2.24) is 9.78 Å². The lowest BCUT2D eigenvalue weighted by atomic mass is 10.1. The zero-order valence-corrected chi connectivity index (χ0v) is 11.4. The van der Waals surface area contributed by atoms with Crippen LogP contribution in [0.3, 0.4) is 0 Å². The van der Waals surface area contributed by atoms with Gasteiger partial charge in [-0.2, -0.15) is 5.10 Å². The highest BCUT2D eigenvalue weighted by molar-refractivity contribution is 6.08. The Morgan fingerprint density at radius 2 is 2.21 bits per heavy atom. The zero-order valence-electron chi connectivity index (χ0n) is 11.4. The largest absolute Gasteiger partial charge is 0.398 e. The van der Waals surface area contributed by atoms with Crippen LogP contribution >= 0.6 is 0 Å². The minimum absolute atomic E-state index is 0.205. The van der Waals surface area contributed by atoms with Crippen LogP contribution in [-0.4, -0.2) is 15.7 Å². The van der Waals surface area contributed by atoms with Crippen molar-refractivity contribution < 1.29 is 4.79 Å². The molecule has 2 rings (SSSR count). The first kappa shape index (κ1) is 13.1. The summed E-state index contributed by atoms with van der Waals surface area (Å²) in [5.41, 5.74) is 9.40. The van der Waals surface area contributed by atoms with Crippen molar-refractivity contribution >= 4 is 17.3 Å². The summed E-state index contributed by atoms with van der Waals surface area (Å²) in [5, 5.41) is 7.15. The van der Waals surface area contributed by atoms with Gasteiger partial charge in [-0.1, -0.05) is 18.6 Å². The molecule has 1 amide bonds. The summed E-state index contributed by atoms with van der Waals surface area (Å²) >= 11 is 0. The number of aryl methyl sites for hydroxylation is 3. The van der Waals surface area contributed by atoms with E-state index in [9.17, 15) is 4.79 Å². The van der Waals surface area contributed by atoms with Crippen LogP contribution in [0.25, 0.3) is 0 Å². The highest BCUT2D eigenvalue weighted by Gasteiger charge is 2.13. The van der Waals surface area contributed by atoms with Crippen LogP contribution in [0.2, 0.25) is 0 Å². The van der Waals surface area contributed by atoms with Crippen molar-refractivity contribution in [3.8, 4) is 0 Å². The number of aromatic nitrogens is 2. The van der Waals surface area contributed by atoms with Gasteiger partial charge in [0.2, 0.25) is 0 Å². The number of hydrogen-bond donors (Lipinski definition) is 2. The number of anilines is 2. The number of rotatable bonds is 3. The number of carbonyl (C=O) groups is 1. The molecule has 0 radical (unpaired) electrons. The molecule has 5 heteroatoms. The number of benzene rings is 1. The van der Waals surface area contributed by atoms with Gasteiger partial charge in [-0.25, -0.2) is 0 Å². The quantitative estimate of drug-likeness (QED) is 0.828. The fourth-order valence-corrected chi connectivity index (χ4v) is 1.96. The number of nitrogens with zero attached hydrogens (tertiary/aromatic N) is 2. The molecule has 0 aliphatic rings. The van der Waals surface area contributed by atoms with E-state index in [-0.39, 0.29) is 5.91 Å². The van der Waals surface area contributed by atoms with E-state index in [0.29, 0.717) is 11.3 Å². The standard InChI is InChI=1S/C14H18N4O/c1-4-12-13(8-18(3)17-12)16-14(19)10-7-9(2)5-6-11(10)15/h5-8H,4,15H2,1-3H3,(H,16,19). The van der Waals surface area contributed by atoms with E-state index < -0.39 is 0 Å². The molecule has 0 saturated heterocycles. The van der Waals surface area contributed by atoms with E-state index in [1.54, 1.807) is 23.0 Å². The molecule has 0 saturated carbocycles. The van der Waals surface area contributed by atoms with E-state index in [0.717, 1.165) is 23.4 Å². The molecular formula is C14H18N4O. The van der Waals surface area contributed by atoms with Crippen molar-refractivity contribution in [2.24, 2.45) is 7.05 Å². The Balaban J connectivity index is 2.27. The van der Waals surface area contributed by atoms with Gasteiger partial charge in [0.1, 0.15) is 0 Å². The third kappa shape index (κ3) is 2.76. The molecule has 0 unspecified atom stereocenters. The van der Waals surface area contributed by atoms with Gasteiger partial charge >= 0.3 is 0 Å². The second-order valence-electron chi connectivity index (χ2n) is 4.56. The van der Waals surface area contributed by atoms with Crippen LogP contribution < -0.4 is 11.1 Å². The Labute approximate surface area is 112 Å².